The zero-order valence-electron chi connectivity index (χ0n) is 14.6. The minimum Gasteiger partial charge on any atom is -0.339 e. The number of rotatable bonds is 3. The van der Waals surface area contributed by atoms with Gasteiger partial charge in [-0.1, -0.05) is 12.1 Å². The number of nitrogens with zero attached hydrogens (tertiary/aromatic N) is 5. The topological polar surface area (TPSA) is 74.8 Å². The molecule has 2 aliphatic heterocycles. The molecule has 6 nitrogen and oxygen atoms in total. The third kappa shape index (κ3) is 3.25. The lowest BCUT2D eigenvalue weighted by molar-refractivity contribution is -0.127. The van der Waals surface area contributed by atoms with Crippen LogP contribution in [0.2, 0.25) is 0 Å². The molecular formula is C20H21N5O. The van der Waals surface area contributed by atoms with Crippen molar-refractivity contribution in [3.05, 3.63) is 53.1 Å². The van der Waals surface area contributed by atoms with Crippen molar-refractivity contribution in [2.24, 2.45) is 0 Å². The molecular weight excluding hydrogens is 326 g/mol. The maximum absolute atomic E-state index is 12.4. The van der Waals surface area contributed by atoms with Crippen LogP contribution >= 0.6 is 0 Å². The number of aryl methyl sites for hydroxylation is 1. The highest BCUT2D eigenvalue weighted by Gasteiger charge is 2.28. The van der Waals surface area contributed by atoms with E-state index < -0.39 is 0 Å². The Bertz CT molecular complexity index is 884. The van der Waals surface area contributed by atoms with Gasteiger partial charge in [0.2, 0.25) is 5.91 Å². The van der Waals surface area contributed by atoms with Crippen LogP contribution in [-0.2, 0) is 17.8 Å². The Hall–Kier alpha value is -2.94. The highest BCUT2D eigenvalue weighted by molar-refractivity contribution is 5.91. The van der Waals surface area contributed by atoms with Gasteiger partial charge in [0, 0.05) is 38.0 Å². The van der Waals surface area contributed by atoms with Crippen LogP contribution in [0.4, 0.5) is 0 Å². The van der Waals surface area contributed by atoms with Crippen LogP contribution in [-0.4, -0.2) is 38.7 Å². The summed E-state index contributed by atoms with van der Waals surface area (Å²) in [5.74, 6) is 2.64. The fourth-order valence-corrected chi connectivity index (χ4v) is 3.82. The number of carbonyl (C=O) groups excluding carboxylic acids is 1. The van der Waals surface area contributed by atoms with Crippen molar-refractivity contribution in [2.75, 3.05) is 13.1 Å². The van der Waals surface area contributed by atoms with E-state index in [0.29, 0.717) is 11.5 Å². The molecule has 0 radical (unpaired) electrons. The molecule has 3 heterocycles. The second-order valence-electron chi connectivity index (χ2n) is 6.90. The predicted molar refractivity (Wildman–Crippen MR) is 97.1 cm³/mol. The molecule has 1 fully saturated rings. The lowest BCUT2D eigenvalue weighted by atomic mass is 9.96. The predicted octanol–water partition coefficient (Wildman–Crippen LogP) is 2.52. The first kappa shape index (κ1) is 16.5. The number of likely N-dealkylation sites (tertiary alicyclic amines) is 1. The summed E-state index contributed by atoms with van der Waals surface area (Å²) < 4.78 is 2.27. The lowest BCUT2D eigenvalue weighted by Gasteiger charge is -2.30. The summed E-state index contributed by atoms with van der Waals surface area (Å²) in [6.45, 7) is 2.52. The maximum atomic E-state index is 12.4. The number of nitriles is 1. The first-order chi connectivity index (χ1) is 12.7. The Kier molecular flexibility index (Phi) is 4.53. The lowest BCUT2D eigenvalue weighted by Crippen LogP contribution is -2.37. The average Bonchev–Trinajstić information content (AvgIpc) is 3.30. The fraction of sp³-hybridized carbons (Fsp3) is 0.400. The van der Waals surface area contributed by atoms with Gasteiger partial charge in [-0.2, -0.15) is 5.26 Å². The van der Waals surface area contributed by atoms with Crippen LogP contribution < -0.4 is 0 Å². The van der Waals surface area contributed by atoms with Crippen LogP contribution in [0.25, 0.3) is 6.08 Å². The molecule has 1 saturated heterocycles. The highest BCUT2D eigenvalue weighted by Crippen LogP contribution is 2.29. The largest absolute Gasteiger partial charge is 0.339 e. The molecule has 0 unspecified atom stereocenters. The highest BCUT2D eigenvalue weighted by atomic mass is 16.2. The molecule has 0 bridgehead atoms. The molecule has 0 N–H and O–H groups in total. The standard InChI is InChI=1S/C20H21N5O/c21-14-16-4-1-3-15(13-16)6-7-19(26)24-11-8-17(9-12-24)20-23-22-18-5-2-10-25(18)20/h1,3-4,6-7,13,17H,2,5,8-12H2. The van der Waals surface area contributed by atoms with E-state index in [1.54, 1.807) is 24.3 Å². The van der Waals surface area contributed by atoms with Gasteiger partial charge in [0.25, 0.3) is 0 Å². The van der Waals surface area contributed by atoms with E-state index in [0.717, 1.165) is 62.5 Å². The van der Waals surface area contributed by atoms with E-state index in [1.165, 1.54) is 0 Å². The molecule has 1 aromatic carbocycles. The number of fused-ring (bicyclic) bond motifs is 1. The van der Waals surface area contributed by atoms with Crippen molar-refractivity contribution < 1.29 is 4.79 Å². The van der Waals surface area contributed by atoms with Gasteiger partial charge in [0.1, 0.15) is 11.6 Å². The van der Waals surface area contributed by atoms with E-state index in [1.807, 2.05) is 17.0 Å². The summed E-state index contributed by atoms with van der Waals surface area (Å²) in [6.07, 6.45) is 7.44. The number of carbonyl (C=O) groups is 1. The Morgan fingerprint density at radius 3 is 2.88 bits per heavy atom. The molecule has 0 atom stereocenters. The molecule has 2 aliphatic rings. The number of aromatic nitrogens is 3. The molecule has 1 amide bonds. The maximum Gasteiger partial charge on any atom is 0.246 e. The SMILES string of the molecule is N#Cc1cccc(C=CC(=O)N2CCC(c3nnc4n3CCC4)CC2)c1. The third-order valence-corrected chi connectivity index (χ3v) is 5.24. The summed E-state index contributed by atoms with van der Waals surface area (Å²) in [4.78, 5) is 14.3. The smallest absolute Gasteiger partial charge is 0.246 e. The monoisotopic (exact) mass is 347 g/mol. The van der Waals surface area contributed by atoms with Gasteiger partial charge in [0.15, 0.2) is 0 Å². The normalized spacial score (nSPS) is 17.4. The van der Waals surface area contributed by atoms with Crippen molar-refractivity contribution in [3.63, 3.8) is 0 Å². The minimum atomic E-state index is 0.0253. The van der Waals surface area contributed by atoms with Crippen molar-refractivity contribution in [1.29, 1.82) is 5.26 Å². The van der Waals surface area contributed by atoms with Crippen LogP contribution in [0.1, 0.15) is 48.0 Å². The summed E-state index contributed by atoms with van der Waals surface area (Å²) >= 11 is 0. The molecule has 0 spiro atoms. The van der Waals surface area contributed by atoms with E-state index in [4.69, 9.17) is 5.26 Å². The van der Waals surface area contributed by atoms with E-state index >= 15 is 0 Å². The number of hydrogen-bond donors (Lipinski definition) is 0. The third-order valence-electron chi connectivity index (χ3n) is 5.24. The molecule has 26 heavy (non-hydrogen) atoms. The first-order valence-electron chi connectivity index (χ1n) is 9.14. The number of benzene rings is 1. The summed E-state index contributed by atoms with van der Waals surface area (Å²) in [5.41, 5.74) is 1.47. The van der Waals surface area contributed by atoms with Gasteiger partial charge in [-0.15, -0.1) is 10.2 Å². The molecule has 4 rings (SSSR count). The summed E-state index contributed by atoms with van der Waals surface area (Å²) in [6, 6.07) is 9.36. The fourth-order valence-electron chi connectivity index (χ4n) is 3.82. The van der Waals surface area contributed by atoms with Crippen LogP contribution in [0.5, 0.6) is 0 Å². The molecule has 1 aromatic heterocycles. The van der Waals surface area contributed by atoms with Crippen LogP contribution in [0, 0.1) is 11.3 Å². The van der Waals surface area contributed by atoms with Gasteiger partial charge in [0.05, 0.1) is 11.6 Å². The second kappa shape index (κ2) is 7.12. The van der Waals surface area contributed by atoms with E-state index in [-0.39, 0.29) is 5.91 Å². The Morgan fingerprint density at radius 2 is 2.08 bits per heavy atom. The van der Waals surface area contributed by atoms with Crippen LogP contribution in [0.15, 0.2) is 30.3 Å². The zero-order chi connectivity index (χ0) is 17.9. The molecule has 0 saturated carbocycles. The van der Waals surface area contributed by atoms with E-state index in [9.17, 15) is 4.79 Å². The van der Waals surface area contributed by atoms with Crippen molar-refractivity contribution in [2.45, 2.75) is 38.1 Å². The summed E-state index contributed by atoms with van der Waals surface area (Å²) in [7, 11) is 0. The Labute approximate surface area is 152 Å². The van der Waals surface area contributed by atoms with Gasteiger partial charge in [-0.25, -0.2) is 0 Å². The minimum absolute atomic E-state index is 0.0253. The number of amides is 1. The van der Waals surface area contributed by atoms with Gasteiger partial charge in [-0.05, 0) is 43.0 Å². The molecule has 6 heteroatoms. The molecule has 0 aliphatic carbocycles. The van der Waals surface area contributed by atoms with Gasteiger partial charge < -0.3 is 9.47 Å². The van der Waals surface area contributed by atoms with Crippen molar-refractivity contribution in [3.8, 4) is 6.07 Å². The van der Waals surface area contributed by atoms with Crippen LogP contribution in [0.3, 0.4) is 0 Å². The Balaban J connectivity index is 1.36. The van der Waals surface area contributed by atoms with Crippen molar-refractivity contribution >= 4 is 12.0 Å². The second-order valence-corrected chi connectivity index (χ2v) is 6.90. The number of hydrogen-bond acceptors (Lipinski definition) is 4. The Morgan fingerprint density at radius 1 is 1.23 bits per heavy atom. The van der Waals surface area contributed by atoms with Gasteiger partial charge in [-0.3, -0.25) is 4.79 Å². The number of piperidine rings is 1. The summed E-state index contributed by atoms with van der Waals surface area (Å²) in [5, 5.41) is 17.6. The average molecular weight is 347 g/mol. The zero-order valence-corrected chi connectivity index (χ0v) is 14.6. The van der Waals surface area contributed by atoms with E-state index in [2.05, 4.69) is 20.8 Å². The molecule has 132 valence electrons. The first-order valence-corrected chi connectivity index (χ1v) is 9.14. The van der Waals surface area contributed by atoms with Crippen molar-refractivity contribution in [1.82, 2.24) is 19.7 Å². The molecule has 2 aromatic rings. The van der Waals surface area contributed by atoms with Gasteiger partial charge >= 0.3 is 0 Å². The quantitative estimate of drug-likeness (QED) is 0.800.